The lowest BCUT2D eigenvalue weighted by Crippen LogP contribution is -2.55. The van der Waals surface area contributed by atoms with Gasteiger partial charge in [0.25, 0.3) is 0 Å². The number of rotatable bonds is 13. The summed E-state index contributed by atoms with van der Waals surface area (Å²) in [6.45, 7) is 2.59. The van der Waals surface area contributed by atoms with Gasteiger partial charge in [0.15, 0.2) is 0 Å². The molecule has 164 valence electrons. The molecule has 0 aromatic heterocycles. The van der Waals surface area contributed by atoms with Crippen LogP contribution in [0.4, 0.5) is 0 Å². The van der Waals surface area contributed by atoms with E-state index in [1.165, 1.54) is 0 Å². The van der Waals surface area contributed by atoms with Crippen molar-refractivity contribution in [3.8, 4) is 0 Å². The van der Waals surface area contributed by atoms with Gasteiger partial charge in [0.2, 0.25) is 17.7 Å². The van der Waals surface area contributed by atoms with E-state index in [1.54, 1.807) is 13.8 Å². The molecule has 0 fully saturated rings. The standard InChI is InChI=1S/C16H26N4O9/c1-7(2)13(15(27)19-9(16(28)29)5-12(24)25)20-10(21)6-18-14(26)8(17)3-4-11(22)23/h7-9,13H,3-6,17H2,1-2H3,(H,18,26)(H,19,27)(H,20,21)(H,22,23)(H,24,25)(H,28,29). The van der Waals surface area contributed by atoms with Crippen LogP contribution in [0.1, 0.15) is 33.1 Å². The Morgan fingerprint density at radius 3 is 1.93 bits per heavy atom. The smallest absolute Gasteiger partial charge is 0.326 e. The molecule has 0 heterocycles. The lowest BCUT2D eigenvalue weighted by atomic mass is 10.0. The first kappa shape index (κ1) is 25.8. The van der Waals surface area contributed by atoms with Gasteiger partial charge >= 0.3 is 17.9 Å². The number of nitrogens with two attached hydrogens (primary N) is 1. The average molecular weight is 418 g/mol. The quantitative estimate of drug-likeness (QED) is 0.166. The molecule has 0 aliphatic heterocycles. The fraction of sp³-hybridized carbons (Fsp3) is 0.625. The number of amides is 3. The van der Waals surface area contributed by atoms with Gasteiger partial charge in [0.05, 0.1) is 19.0 Å². The second-order valence-corrected chi connectivity index (χ2v) is 6.54. The van der Waals surface area contributed by atoms with E-state index in [9.17, 15) is 28.8 Å². The number of hydrogen-bond acceptors (Lipinski definition) is 7. The molecule has 0 aromatic rings. The summed E-state index contributed by atoms with van der Waals surface area (Å²) in [4.78, 5) is 68.2. The van der Waals surface area contributed by atoms with Crippen molar-refractivity contribution in [3.05, 3.63) is 0 Å². The third-order valence-corrected chi connectivity index (χ3v) is 3.69. The van der Waals surface area contributed by atoms with Gasteiger partial charge in [0, 0.05) is 6.42 Å². The molecule has 13 heteroatoms. The monoisotopic (exact) mass is 418 g/mol. The average Bonchev–Trinajstić information content (AvgIpc) is 2.60. The summed E-state index contributed by atoms with van der Waals surface area (Å²) in [5.41, 5.74) is 5.50. The molecule has 0 radical (unpaired) electrons. The molecule has 0 aliphatic rings. The topological polar surface area (TPSA) is 225 Å². The predicted molar refractivity (Wildman–Crippen MR) is 96.4 cm³/mol. The normalized spacial score (nSPS) is 13.7. The fourth-order valence-corrected chi connectivity index (χ4v) is 2.10. The van der Waals surface area contributed by atoms with Gasteiger partial charge in [-0.05, 0) is 12.3 Å². The second-order valence-electron chi connectivity index (χ2n) is 6.54. The zero-order valence-electron chi connectivity index (χ0n) is 16.0. The molecule has 0 saturated carbocycles. The van der Waals surface area contributed by atoms with Crippen molar-refractivity contribution in [2.24, 2.45) is 11.7 Å². The van der Waals surface area contributed by atoms with E-state index in [1.807, 2.05) is 5.32 Å². The molecular formula is C16H26N4O9. The third-order valence-electron chi connectivity index (χ3n) is 3.69. The number of carbonyl (C=O) groups excluding carboxylic acids is 3. The summed E-state index contributed by atoms with van der Waals surface area (Å²) in [7, 11) is 0. The summed E-state index contributed by atoms with van der Waals surface area (Å²) >= 11 is 0. The molecular weight excluding hydrogens is 392 g/mol. The fourth-order valence-electron chi connectivity index (χ4n) is 2.10. The second kappa shape index (κ2) is 12.3. The molecule has 8 N–H and O–H groups in total. The molecule has 3 unspecified atom stereocenters. The lowest BCUT2D eigenvalue weighted by molar-refractivity contribution is -0.147. The summed E-state index contributed by atoms with van der Waals surface area (Å²) in [6, 6.07) is -3.99. The zero-order chi connectivity index (χ0) is 22.7. The van der Waals surface area contributed by atoms with Crippen LogP contribution in [0, 0.1) is 5.92 Å². The highest BCUT2D eigenvalue weighted by Crippen LogP contribution is 2.04. The lowest BCUT2D eigenvalue weighted by Gasteiger charge is -2.23. The molecule has 0 bridgehead atoms. The van der Waals surface area contributed by atoms with Crippen molar-refractivity contribution >= 4 is 35.6 Å². The Morgan fingerprint density at radius 1 is 0.897 bits per heavy atom. The molecule has 3 atom stereocenters. The number of aliphatic carboxylic acids is 3. The Labute approximate surface area is 166 Å². The first-order valence-electron chi connectivity index (χ1n) is 8.64. The molecule has 3 amide bonds. The van der Waals surface area contributed by atoms with Gasteiger partial charge in [-0.25, -0.2) is 4.79 Å². The van der Waals surface area contributed by atoms with Gasteiger partial charge in [-0.3, -0.25) is 24.0 Å². The molecule has 13 nitrogen and oxygen atoms in total. The van der Waals surface area contributed by atoms with Crippen molar-refractivity contribution in [1.29, 1.82) is 0 Å². The summed E-state index contributed by atoms with van der Waals surface area (Å²) < 4.78 is 0. The number of nitrogens with one attached hydrogen (secondary N) is 3. The van der Waals surface area contributed by atoms with Crippen LogP contribution in [0.5, 0.6) is 0 Å². The molecule has 0 saturated heterocycles. The highest BCUT2D eigenvalue weighted by atomic mass is 16.4. The Kier molecular flexibility index (Phi) is 10.9. The van der Waals surface area contributed by atoms with Crippen molar-refractivity contribution in [2.75, 3.05) is 6.54 Å². The maximum absolute atomic E-state index is 12.3. The number of carboxylic acid groups (broad SMARTS) is 3. The minimum atomic E-state index is -1.68. The van der Waals surface area contributed by atoms with Crippen LogP contribution in [0.2, 0.25) is 0 Å². The molecule has 0 spiro atoms. The van der Waals surface area contributed by atoms with Gasteiger partial charge in [0.1, 0.15) is 12.1 Å². The van der Waals surface area contributed by atoms with Crippen LogP contribution in [0.25, 0.3) is 0 Å². The van der Waals surface area contributed by atoms with E-state index in [-0.39, 0.29) is 12.8 Å². The van der Waals surface area contributed by atoms with Gasteiger partial charge in [-0.1, -0.05) is 13.8 Å². The molecule has 0 aliphatic carbocycles. The molecule has 0 aromatic carbocycles. The van der Waals surface area contributed by atoms with E-state index >= 15 is 0 Å². The molecule has 0 rings (SSSR count). The highest BCUT2D eigenvalue weighted by Gasteiger charge is 2.30. The van der Waals surface area contributed by atoms with Crippen molar-refractivity contribution in [3.63, 3.8) is 0 Å². The summed E-state index contributed by atoms with van der Waals surface area (Å²) in [5.74, 6) is -7.00. The van der Waals surface area contributed by atoms with Crippen LogP contribution in [-0.4, -0.2) is 75.6 Å². The third kappa shape index (κ3) is 10.6. The minimum absolute atomic E-state index is 0.125. The highest BCUT2D eigenvalue weighted by molar-refractivity contribution is 5.93. The first-order chi connectivity index (χ1) is 13.3. The van der Waals surface area contributed by atoms with E-state index in [0.717, 1.165) is 0 Å². The van der Waals surface area contributed by atoms with Crippen molar-refractivity contribution < 1.29 is 44.1 Å². The van der Waals surface area contributed by atoms with Crippen molar-refractivity contribution in [1.82, 2.24) is 16.0 Å². The van der Waals surface area contributed by atoms with Crippen LogP contribution < -0.4 is 21.7 Å². The van der Waals surface area contributed by atoms with Crippen LogP contribution in [0.3, 0.4) is 0 Å². The first-order valence-corrected chi connectivity index (χ1v) is 8.64. The molecule has 29 heavy (non-hydrogen) atoms. The van der Waals surface area contributed by atoms with Gasteiger partial charge in [-0.2, -0.15) is 0 Å². The number of carbonyl (C=O) groups is 6. The number of hydrogen-bond donors (Lipinski definition) is 7. The van der Waals surface area contributed by atoms with Crippen molar-refractivity contribution in [2.45, 2.75) is 51.2 Å². The Bertz CT molecular complexity index is 650. The van der Waals surface area contributed by atoms with E-state index in [4.69, 9.17) is 21.1 Å². The Balaban J connectivity index is 4.78. The van der Waals surface area contributed by atoms with Crippen LogP contribution in [0.15, 0.2) is 0 Å². The van der Waals surface area contributed by atoms with E-state index in [0.29, 0.717) is 0 Å². The SMILES string of the molecule is CC(C)C(NC(=O)CNC(=O)C(N)CCC(=O)O)C(=O)NC(CC(=O)O)C(=O)O. The number of carboxylic acids is 3. The van der Waals surface area contributed by atoms with Gasteiger partial charge < -0.3 is 37.0 Å². The van der Waals surface area contributed by atoms with Gasteiger partial charge in [-0.15, -0.1) is 0 Å². The zero-order valence-corrected chi connectivity index (χ0v) is 16.0. The predicted octanol–water partition coefficient (Wildman–Crippen LogP) is -2.52. The van der Waals surface area contributed by atoms with E-state index in [2.05, 4.69) is 10.6 Å². The van der Waals surface area contributed by atoms with E-state index < -0.39 is 72.6 Å². The maximum Gasteiger partial charge on any atom is 0.326 e. The van der Waals surface area contributed by atoms with Crippen LogP contribution >= 0.6 is 0 Å². The largest absolute Gasteiger partial charge is 0.481 e. The Morgan fingerprint density at radius 2 is 1.48 bits per heavy atom. The summed E-state index contributed by atoms with van der Waals surface area (Å²) in [5, 5.41) is 32.8. The maximum atomic E-state index is 12.3. The Hall–Kier alpha value is -3.22. The minimum Gasteiger partial charge on any atom is -0.481 e. The summed E-state index contributed by atoms with van der Waals surface area (Å²) in [6.07, 6.45) is -1.29. The van der Waals surface area contributed by atoms with Crippen LogP contribution in [-0.2, 0) is 28.8 Å².